The van der Waals surface area contributed by atoms with Crippen LogP contribution >= 0.6 is 22.6 Å². The van der Waals surface area contributed by atoms with Crippen LogP contribution in [-0.4, -0.2) is 17.1 Å². The van der Waals surface area contributed by atoms with Crippen LogP contribution in [0, 0.1) is 9.49 Å². The van der Waals surface area contributed by atoms with Crippen LogP contribution in [0.2, 0.25) is 0 Å². The Hall–Kier alpha value is -0.430. The summed E-state index contributed by atoms with van der Waals surface area (Å²) in [6.45, 7) is 2.02. The van der Waals surface area contributed by atoms with Gasteiger partial charge in [0, 0.05) is 7.11 Å². The van der Waals surface area contributed by atoms with E-state index < -0.39 is 0 Å². The molecular weight excluding hydrogens is 355 g/mol. The maximum Gasteiger partial charge on any atom is 0.264 e. The summed E-state index contributed by atoms with van der Waals surface area (Å²) in [6, 6.07) is 0. The zero-order chi connectivity index (χ0) is 13.8. The van der Waals surface area contributed by atoms with E-state index in [1.807, 2.05) is 6.92 Å². The topological polar surface area (TPSA) is 55.0 Å². The second-order valence-electron chi connectivity index (χ2n) is 5.12. The Morgan fingerprint density at radius 1 is 1.42 bits per heavy atom. The fourth-order valence-corrected chi connectivity index (χ4v) is 3.49. The molecule has 1 N–H and O–H groups in total. The van der Waals surface area contributed by atoms with Crippen molar-refractivity contribution in [1.82, 2.24) is 9.97 Å². The van der Waals surface area contributed by atoms with E-state index in [4.69, 9.17) is 4.74 Å². The van der Waals surface area contributed by atoms with Crippen molar-refractivity contribution < 1.29 is 4.74 Å². The van der Waals surface area contributed by atoms with Crippen LogP contribution in [0.3, 0.4) is 0 Å². The van der Waals surface area contributed by atoms with Crippen molar-refractivity contribution in [2.24, 2.45) is 5.92 Å². The van der Waals surface area contributed by atoms with Gasteiger partial charge in [-0.15, -0.1) is 0 Å². The third-order valence-corrected chi connectivity index (χ3v) is 5.00. The van der Waals surface area contributed by atoms with E-state index in [1.54, 1.807) is 7.11 Å². The Balaban J connectivity index is 2.32. The zero-order valence-electron chi connectivity index (χ0n) is 11.5. The van der Waals surface area contributed by atoms with Gasteiger partial charge < -0.3 is 9.72 Å². The first-order valence-corrected chi connectivity index (χ1v) is 8.06. The van der Waals surface area contributed by atoms with Crippen LogP contribution in [0.15, 0.2) is 4.79 Å². The highest BCUT2D eigenvalue weighted by molar-refractivity contribution is 14.1. The van der Waals surface area contributed by atoms with E-state index in [1.165, 1.54) is 19.3 Å². The van der Waals surface area contributed by atoms with E-state index in [-0.39, 0.29) is 11.7 Å². The molecule has 5 heteroatoms. The highest BCUT2D eigenvalue weighted by atomic mass is 127. The number of nitrogens with zero attached hydrogens (tertiary/aromatic N) is 1. The summed E-state index contributed by atoms with van der Waals surface area (Å²) in [7, 11) is 1.71. The average Bonchev–Trinajstić information content (AvgIpc) is 2.44. The predicted molar refractivity (Wildman–Crippen MR) is 83.3 cm³/mol. The number of hydrogen-bond donors (Lipinski definition) is 1. The maximum absolute atomic E-state index is 12.0. The lowest BCUT2D eigenvalue weighted by molar-refractivity contribution is 0.0285. The van der Waals surface area contributed by atoms with Crippen molar-refractivity contribution in [3.8, 4) is 0 Å². The van der Waals surface area contributed by atoms with Crippen LogP contribution in [0.25, 0.3) is 0 Å². The Bertz CT molecular complexity index is 481. The van der Waals surface area contributed by atoms with E-state index in [9.17, 15) is 4.79 Å². The minimum absolute atomic E-state index is 0.0414. The lowest BCUT2D eigenvalue weighted by Crippen LogP contribution is -2.25. The van der Waals surface area contributed by atoms with Gasteiger partial charge in [-0.1, -0.05) is 26.2 Å². The molecule has 0 spiro atoms. The largest absolute Gasteiger partial charge is 0.373 e. The van der Waals surface area contributed by atoms with Crippen molar-refractivity contribution in [3.63, 3.8) is 0 Å². The van der Waals surface area contributed by atoms with E-state index >= 15 is 0 Å². The van der Waals surface area contributed by atoms with Gasteiger partial charge in [0.05, 0.1) is 9.26 Å². The van der Waals surface area contributed by atoms with Gasteiger partial charge in [0.2, 0.25) is 0 Å². The van der Waals surface area contributed by atoms with Crippen LogP contribution in [0.5, 0.6) is 0 Å². The predicted octanol–water partition coefficient (Wildman–Crippen LogP) is 3.20. The van der Waals surface area contributed by atoms with Gasteiger partial charge >= 0.3 is 0 Å². The second kappa shape index (κ2) is 6.83. The second-order valence-corrected chi connectivity index (χ2v) is 6.20. The molecule has 1 atom stereocenters. The van der Waals surface area contributed by atoms with Crippen LogP contribution in [-0.2, 0) is 11.2 Å². The maximum atomic E-state index is 12.0. The van der Waals surface area contributed by atoms with Crippen molar-refractivity contribution in [1.29, 1.82) is 0 Å². The summed E-state index contributed by atoms with van der Waals surface area (Å²) in [6.07, 6.45) is 6.83. The van der Waals surface area contributed by atoms with Gasteiger partial charge in [-0.05, 0) is 47.8 Å². The van der Waals surface area contributed by atoms with Gasteiger partial charge in [-0.2, -0.15) is 0 Å². The number of ether oxygens (including phenoxy) is 1. The first-order valence-electron chi connectivity index (χ1n) is 6.98. The lowest BCUT2D eigenvalue weighted by Gasteiger charge is -2.28. The summed E-state index contributed by atoms with van der Waals surface area (Å²) in [4.78, 5) is 19.5. The number of aromatic nitrogens is 2. The third-order valence-electron chi connectivity index (χ3n) is 3.89. The molecule has 19 heavy (non-hydrogen) atoms. The fourth-order valence-electron chi connectivity index (χ4n) is 2.86. The molecule has 1 aromatic heterocycles. The molecule has 2 rings (SSSR count). The highest BCUT2D eigenvalue weighted by Gasteiger charge is 2.27. The van der Waals surface area contributed by atoms with Gasteiger partial charge in [0.25, 0.3) is 5.56 Å². The molecule has 0 aromatic carbocycles. The Labute approximate surface area is 127 Å². The van der Waals surface area contributed by atoms with Crippen molar-refractivity contribution in [3.05, 3.63) is 25.4 Å². The van der Waals surface area contributed by atoms with Gasteiger partial charge in [-0.3, -0.25) is 4.79 Å². The smallest absolute Gasteiger partial charge is 0.264 e. The Morgan fingerprint density at radius 3 is 2.68 bits per heavy atom. The van der Waals surface area contributed by atoms with Crippen molar-refractivity contribution in [2.75, 3.05) is 7.11 Å². The van der Waals surface area contributed by atoms with Gasteiger partial charge in [0.1, 0.15) is 11.9 Å². The highest BCUT2D eigenvalue weighted by Crippen LogP contribution is 2.35. The quantitative estimate of drug-likeness (QED) is 0.822. The minimum atomic E-state index is -0.0738. The Kier molecular flexibility index (Phi) is 5.38. The number of nitrogens with one attached hydrogen (secondary N) is 1. The van der Waals surface area contributed by atoms with Crippen molar-refractivity contribution in [2.45, 2.75) is 51.6 Å². The number of rotatable bonds is 4. The van der Waals surface area contributed by atoms with Crippen molar-refractivity contribution >= 4 is 22.6 Å². The molecule has 1 saturated carbocycles. The number of aromatic amines is 1. The number of halogens is 1. The summed E-state index contributed by atoms with van der Waals surface area (Å²) in [5, 5.41) is 0. The summed E-state index contributed by atoms with van der Waals surface area (Å²) in [5.74, 6) is 1.18. The number of hydrogen-bond acceptors (Lipinski definition) is 3. The minimum Gasteiger partial charge on any atom is -0.373 e. The molecule has 1 heterocycles. The normalized spacial score (nSPS) is 18.5. The molecule has 106 valence electrons. The van der Waals surface area contributed by atoms with Crippen LogP contribution in [0.4, 0.5) is 0 Å². The first-order chi connectivity index (χ1) is 9.17. The van der Waals surface area contributed by atoms with Crippen LogP contribution < -0.4 is 5.56 Å². The fraction of sp³-hybridized carbons (Fsp3) is 0.714. The number of H-pyrrole nitrogens is 1. The van der Waals surface area contributed by atoms with Gasteiger partial charge in [-0.25, -0.2) is 4.98 Å². The lowest BCUT2D eigenvalue weighted by atomic mass is 9.85. The van der Waals surface area contributed by atoms with E-state index in [2.05, 4.69) is 32.6 Å². The summed E-state index contributed by atoms with van der Waals surface area (Å²) >= 11 is 2.06. The molecule has 0 bridgehead atoms. The molecule has 1 fully saturated rings. The van der Waals surface area contributed by atoms with Gasteiger partial charge in [0.15, 0.2) is 0 Å². The molecule has 0 radical (unpaired) electrons. The molecule has 1 aliphatic rings. The van der Waals surface area contributed by atoms with E-state index in [0.29, 0.717) is 15.3 Å². The third kappa shape index (κ3) is 3.37. The number of aryl methyl sites for hydroxylation is 1. The van der Waals surface area contributed by atoms with Crippen LogP contribution in [0.1, 0.15) is 56.7 Å². The monoisotopic (exact) mass is 376 g/mol. The average molecular weight is 376 g/mol. The molecule has 0 amide bonds. The Morgan fingerprint density at radius 2 is 2.11 bits per heavy atom. The first kappa shape index (κ1) is 15.0. The van der Waals surface area contributed by atoms with E-state index in [0.717, 1.165) is 25.0 Å². The molecule has 1 aromatic rings. The molecule has 4 nitrogen and oxygen atoms in total. The summed E-state index contributed by atoms with van der Waals surface area (Å²) < 4.78 is 6.33. The zero-order valence-corrected chi connectivity index (χ0v) is 13.7. The SMILES string of the molecule is CCc1nc(C(OC)C2CCCCC2)[nH]c(=O)c1I. The summed E-state index contributed by atoms with van der Waals surface area (Å²) in [5.41, 5.74) is 0.831. The standard InChI is InChI=1S/C14H21IN2O2/c1-3-10-11(15)14(18)17-13(16-10)12(19-2)9-7-5-4-6-8-9/h9,12H,3-8H2,1-2H3,(H,16,17,18). The number of methoxy groups -OCH3 is 1. The molecule has 0 aliphatic heterocycles. The molecule has 1 unspecified atom stereocenters. The molecular formula is C14H21IN2O2. The molecule has 1 aliphatic carbocycles. The molecule has 0 saturated heterocycles.